The molecule has 0 amide bonds. The van der Waals surface area contributed by atoms with Crippen LogP contribution in [0.25, 0.3) is 16.6 Å². The summed E-state index contributed by atoms with van der Waals surface area (Å²) in [4.78, 5) is 19.1. The van der Waals surface area contributed by atoms with Gasteiger partial charge >= 0.3 is 11.9 Å². The molecular weight excluding hydrogens is 421 g/mol. The number of hydrogen-bond acceptors (Lipinski definition) is 6. The van der Waals surface area contributed by atoms with E-state index < -0.39 is 11.9 Å². The minimum Gasteiger partial charge on any atom is -0.478 e. The van der Waals surface area contributed by atoms with Crippen LogP contribution >= 0.6 is 0 Å². The Bertz CT molecular complexity index is 1090. The zero-order valence-corrected chi connectivity index (χ0v) is 17.0. The summed E-state index contributed by atoms with van der Waals surface area (Å²) in [5.41, 5.74) is 1.21. The third-order valence-electron chi connectivity index (χ3n) is 4.41. The number of fused-ring (bicyclic) bond motifs is 1. The molecular formula is C22H22FN3O6. The summed E-state index contributed by atoms with van der Waals surface area (Å²) in [6.45, 7) is 2.71. The number of ether oxygens (including phenoxy) is 2. The molecule has 0 spiro atoms. The number of hydrogen-bond donors (Lipinski definition) is 3. The molecule has 10 heteroatoms. The maximum absolute atomic E-state index is 14.2. The smallest absolute Gasteiger partial charge is 0.328 e. The molecule has 9 nitrogen and oxygen atoms in total. The van der Waals surface area contributed by atoms with Gasteiger partial charge in [0.15, 0.2) is 0 Å². The molecule has 0 aliphatic carbocycles. The van der Waals surface area contributed by atoms with Crippen molar-refractivity contribution in [2.45, 2.75) is 6.10 Å². The van der Waals surface area contributed by atoms with E-state index in [4.69, 9.17) is 19.7 Å². The monoisotopic (exact) mass is 443 g/mol. The molecule has 1 aliphatic rings. The largest absolute Gasteiger partial charge is 0.478 e. The van der Waals surface area contributed by atoms with Crippen LogP contribution in [0.15, 0.2) is 60.7 Å². The van der Waals surface area contributed by atoms with Crippen molar-refractivity contribution < 1.29 is 33.7 Å². The fourth-order valence-corrected chi connectivity index (χ4v) is 2.99. The quantitative estimate of drug-likeness (QED) is 0.496. The molecule has 1 aliphatic heterocycles. The highest BCUT2D eigenvalue weighted by Crippen LogP contribution is 2.28. The number of aromatic nitrogens is 2. The molecule has 1 atom stereocenters. The standard InChI is InChI=1S/C18H18FN3O2.C4H4O4/c19-15-6-2-4-8-17(15)22-16-7-3-1-5-14(16)18(21-22)24-12-13-11-20-9-10-23-13;5-3(6)1-2-4(7)8/h1-8,13,20H,9-12H2;1-2H,(H,5,6)(H,7,8). The first-order chi connectivity index (χ1) is 15.5. The summed E-state index contributed by atoms with van der Waals surface area (Å²) < 4.78 is 27.3. The lowest BCUT2D eigenvalue weighted by molar-refractivity contribution is -0.134. The third-order valence-corrected chi connectivity index (χ3v) is 4.41. The minimum atomic E-state index is -1.26. The Labute approximate surface area is 182 Å². The van der Waals surface area contributed by atoms with Crippen LogP contribution in [0.3, 0.4) is 0 Å². The first-order valence-corrected chi connectivity index (χ1v) is 9.77. The molecule has 3 N–H and O–H groups in total. The zero-order valence-electron chi connectivity index (χ0n) is 17.0. The van der Waals surface area contributed by atoms with Crippen molar-refractivity contribution in [3.05, 3.63) is 66.5 Å². The van der Waals surface area contributed by atoms with Gasteiger partial charge in [0.25, 0.3) is 0 Å². The predicted molar refractivity (Wildman–Crippen MR) is 114 cm³/mol. The molecule has 0 saturated carbocycles. The van der Waals surface area contributed by atoms with E-state index in [0.717, 1.165) is 24.0 Å². The molecule has 1 saturated heterocycles. The summed E-state index contributed by atoms with van der Waals surface area (Å²) in [7, 11) is 0. The van der Waals surface area contributed by atoms with Gasteiger partial charge in [0.05, 0.1) is 17.5 Å². The second kappa shape index (κ2) is 11.0. The number of rotatable bonds is 6. The second-order valence-corrected chi connectivity index (χ2v) is 6.70. The Kier molecular flexibility index (Phi) is 7.90. The van der Waals surface area contributed by atoms with Gasteiger partial charge in [-0.1, -0.05) is 24.3 Å². The highest BCUT2D eigenvalue weighted by Gasteiger charge is 2.18. The number of carboxylic acid groups (broad SMARTS) is 2. The van der Waals surface area contributed by atoms with Crippen LogP contribution < -0.4 is 10.1 Å². The number of carboxylic acids is 2. The van der Waals surface area contributed by atoms with Crippen LogP contribution in [0.5, 0.6) is 5.88 Å². The fourth-order valence-electron chi connectivity index (χ4n) is 2.99. The number of nitrogens with zero attached hydrogens (tertiary/aromatic N) is 2. The lowest BCUT2D eigenvalue weighted by Crippen LogP contribution is -2.41. The van der Waals surface area contributed by atoms with Gasteiger partial charge in [-0.15, -0.1) is 5.10 Å². The van der Waals surface area contributed by atoms with Crippen molar-refractivity contribution >= 4 is 22.8 Å². The van der Waals surface area contributed by atoms with Crippen LogP contribution in [0.2, 0.25) is 0 Å². The van der Waals surface area contributed by atoms with Crippen LogP contribution in [0.4, 0.5) is 4.39 Å². The SMILES string of the molecule is Fc1ccccc1-n1nc(OCC2CNCCO2)c2ccccc21.O=C(O)C=CC(=O)O. The van der Waals surface area contributed by atoms with Gasteiger partial charge in [-0.3, -0.25) is 0 Å². The summed E-state index contributed by atoms with van der Waals surface area (Å²) in [5, 5.41) is 24.2. The molecule has 32 heavy (non-hydrogen) atoms. The normalized spacial score (nSPS) is 15.8. The lowest BCUT2D eigenvalue weighted by atomic mass is 10.2. The Balaban J connectivity index is 0.000000312. The van der Waals surface area contributed by atoms with Gasteiger partial charge in [0.2, 0.25) is 5.88 Å². The summed E-state index contributed by atoms with van der Waals surface area (Å²) in [6.07, 6.45) is 1.11. The van der Waals surface area contributed by atoms with Gasteiger partial charge in [-0.2, -0.15) is 0 Å². The molecule has 1 fully saturated rings. The van der Waals surface area contributed by atoms with Crippen molar-refractivity contribution in [2.24, 2.45) is 0 Å². The van der Waals surface area contributed by atoms with Crippen molar-refractivity contribution in [2.75, 3.05) is 26.3 Å². The first kappa shape index (κ1) is 22.9. The van der Waals surface area contributed by atoms with Crippen LogP contribution in [0.1, 0.15) is 0 Å². The molecule has 1 aromatic heterocycles. The van der Waals surface area contributed by atoms with Crippen LogP contribution in [0, 0.1) is 5.82 Å². The van der Waals surface area contributed by atoms with E-state index >= 15 is 0 Å². The summed E-state index contributed by atoms with van der Waals surface area (Å²) in [5.74, 6) is -2.35. The first-order valence-electron chi connectivity index (χ1n) is 9.77. The third kappa shape index (κ3) is 6.13. The van der Waals surface area contributed by atoms with E-state index in [1.165, 1.54) is 6.07 Å². The van der Waals surface area contributed by atoms with E-state index in [1.54, 1.807) is 22.9 Å². The number of halogens is 1. The summed E-state index contributed by atoms with van der Waals surface area (Å²) >= 11 is 0. The Morgan fingerprint density at radius 2 is 1.84 bits per heavy atom. The molecule has 2 aromatic carbocycles. The van der Waals surface area contributed by atoms with Gasteiger partial charge < -0.3 is 25.0 Å². The van der Waals surface area contributed by atoms with Gasteiger partial charge in [0.1, 0.15) is 24.2 Å². The van der Waals surface area contributed by atoms with Crippen LogP contribution in [-0.4, -0.2) is 64.3 Å². The molecule has 0 bridgehead atoms. The molecule has 3 aromatic rings. The van der Waals surface area contributed by atoms with E-state index in [-0.39, 0.29) is 11.9 Å². The fraction of sp³-hybridized carbons (Fsp3) is 0.227. The predicted octanol–water partition coefficient (Wildman–Crippen LogP) is 2.24. The Hall–Kier alpha value is -3.76. The van der Waals surface area contributed by atoms with Crippen molar-refractivity contribution in [1.82, 2.24) is 15.1 Å². The summed E-state index contributed by atoms with van der Waals surface area (Å²) in [6, 6.07) is 14.2. The maximum Gasteiger partial charge on any atom is 0.328 e. The van der Waals surface area contributed by atoms with E-state index in [9.17, 15) is 14.0 Å². The second-order valence-electron chi connectivity index (χ2n) is 6.70. The minimum absolute atomic E-state index is 0.00359. The maximum atomic E-state index is 14.2. The number of benzene rings is 2. The van der Waals surface area contributed by atoms with Crippen molar-refractivity contribution in [1.29, 1.82) is 0 Å². The number of morpholine rings is 1. The van der Waals surface area contributed by atoms with E-state index in [0.29, 0.717) is 36.9 Å². The zero-order chi connectivity index (χ0) is 22.9. The van der Waals surface area contributed by atoms with Crippen LogP contribution in [-0.2, 0) is 14.3 Å². The Morgan fingerprint density at radius 3 is 2.50 bits per heavy atom. The highest BCUT2D eigenvalue weighted by atomic mass is 19.1. The average molecular weight is 443 g/mol. The topological polar surface area (TPSA) is 123 Å². The molecule has 2 heterocycles. The number of carbonyl (C=O) groups is 2. The number of aliphatic carboxylic acids is 2. The average Bonchev–Trinajstić information content (AvgIpc) is 3.16. The highest BCUT2D eigenvalue weighted by molar-refractivity contribution is 5.89. The van der Waals surface area contributed by atoms with E-state index in [2.05, 4.69) is 10.4 Å². The van der Waals surface area contributed by atoms with Gasteiger partial charge in [-0.25, -0.2) is 18.7 Å². The number of para-hydroxylation sites is 2. The Morgan fingerprint density at radius 1 is 1.16 bits per heavy atom. The van der Waals surface area contributed by atoms with Gasteiger partial charge in [-0.05, 0) is 24.3 Å². The van der Waals surface area contributed by atoms with E-state index in [1.807, 2.05) is 24.3 Å². The molecule has 168 valence electrons. The van der Waals surface area contributed by atoms with Gasteiger partial charge in [0, 0.05) is 25.2 Å². The molecule has 4 rings (SSSR count). The molecule has 1 unspecified atom stereocenters. The molecule has 0 radical (unpaired) electrons. The van der Waals surface area contributed by atoms with Crippen molar-refractivity contribution in [3.63, 3.8) is 0 Å². The number of nitrogens with one attached hydrogen (secondary N) is 1. The lowest BCUT2D eigenvalue weighted by Gasteiger charge is -2.23. The van der Waals surface area contributed by atoms with Crippen molar-refractivity contribution in [3.8, 4) is 11.6 Å².